The van der Waals surface area contributed by atoms with Crippen molar-refractivity contribution >= 4 is 23.0 Å². The van der Waals surface area contributed by atoms with Gasteiger partial charge in [-0.2, -0.15) is 0 Å². The van der Waals surface area contributed by atoms with E-state index < -0.39 is 0 Å². The van der Waals surface area contributed by atoms with Gasteiger partial charge >= 0.3 is 0 Å². The van der Waals surface area contributed by atoms with Crippen LogP contribution in [0.2, 0.25) is 0 Å². The number of hydrogen-bond donors (Lipinski definition) is 2. The number of nitrogens with one attached hydrogen (secondary N) is 2. The van der Waals surface area contributed by atoms with Gasteiger partial charge in [0.15, 0.2) is 5.78 Å². The van der Waals surface area contributed by atoms with Crippen molar-refractivity contribution in [3.05, 3.63) is 45.9 Å². The van der Waals surface area contributed by atoms with Gasteiger partial charge < -0.3 is 10.3 Å². The van der Waals surface area contributed by atoms with Gasteiger partial charge in [0.2, 0.25) is 0 Å². The molecule has 94 valence electrons. The highest BCUT2D eigenvalue weighted by molar-refractivity contribution is 7.10. The average Bonchev–Trinajstić information content (AvgIpc) is 3.00. The van der Waals surface area contributed by atoms with E-state index in [1.807, 2.05) is 24.4 Å². The van der Waals surface area contributed by atoms with Crippen LogP contribution in [-0.4, -0.2) is 16.7 Å². The Morgan fingerprint density at radius 2 is 2.22 bits per heavy atom. The fourth-order valence-electron chi connectivity index (χ4n) is 1.61. The number of H-pyrrole nitrogens is 1. The zero-order valence-corrected chi connectivity index (χ0v) is 11.0. The van der Waals surface area contributed by atoms with Crippen molar-refractivity contribution < 1.29 is 9.59 Å². The number of carbonyl (C=O) groups excluding carboxylic acids is 2. The summed E-state index contributed by atoms with van der Waals surface area (Å²) in [7, 11) is 0. The summed E-state index contributed by atoms with van der Waals surface area (Å²) in [4.78, 5) is 27.0. The Morgan fingerprint density at radius 1 is 1.44 bits per heavy atom. The van der Waals surface area contributed by atoms with E-state index in [1.165, 1.54) is 6.92 Å². The Morgan fingerprint density at radius 3 is 2.78 bits per heavy atom. The van der Waals surface area contributed by atoms with E-state index in [0.29, 0.717) is 11.3 Å². The normalized spacial score (nSPS) is 12.1. The summed E-state index contributed by atoms with van der Waals surface area (Å²) in [5.74, 6) is -0.264. The minimum absolute atomic E-state index is 0.0402. The van der Waals surface area contributed by atoms with E-state index in [2.05, 4.69) is 10.3 Å². The van der Waals surface area contributed by atoms with Gasteiger partial charge in [0, 0.05) is 16.6 Å². The maximum Gasteiger partial charge on any atom is 0.268 e. The number of rotatable bonds is 4. The molecule has 4 nitrogen and oxygen atoms in total. The maximum absolute atomic E-state index is 11.9. The van der Waals surface area contributed by atoms with Gasteiger partial charge in [-0.15, -0.1) is 11.3 Å². The van der Waals surface area contributed by atoms with Crippen molar-refractivity contribution in [2.24, 2.45) is 0 Å². The molecule has 0 radical (unpaired) electrons. The van der Waals surface area contributed by atoms with Crippen molar-refractivity contribution in [2.75, 3.05) is 0 Å². The number of carbonyl (C=O) groups is 2. The Hall–Kier alpha value is -1.88. The Kier molecular flexibility index (Phi) is 3.62. The first-order valence-corrected chi connectivity index (χ1v) is 6.49. The van der Waals surface area contributed by atoms with Crippen molar-refractivity contribution in [2.45, 2.75) is 19.9 Å². The Balaban J connectivity index is 2.05. The van der Waals surface area contributed by atoms with E-state index in [4.69, 9.17) is 0 Å². The van der Waals surface area contributed by atoms with Crippen LogP contribution in [0.5, 0.6) is 0 Å². The lowest BCUT2D eigenvalue weighted by Gasteiger charge is -2.10. The average molecular weight is 262 g/mol. The summed E-state index contributed by atoms with van der Waals surface area (Å²) in [6.45, 7) is 3.40. The molecule has 1 amide bonds. The molecule has 2 N–H and O–H groups in total. The first-order chi connectivity index (χ1) is 8.58. The third-order valence-electron chi connectivity index (χ3n) is 2.65. The SMILES string of the molecule is CC(=O)c1c[nH]c(C(=O)NC(C)c2cccs2)c1. The first-order valence-electron chi connectivity index (χ1n) is 5.61. The van der Waals surface area contributed by atoms with Gasteiger partial charge in [0.25, 0.3) is 5.91 Å². The summed E-state index contributed by atoms with van der Waals surface area (Å²) in [5.41, 5.74) is 0.924. The monoisotopic (exact) mass is 262 g/mol. The summed E-state index contributed by atoms with van der Waals surface area (Å²) in [6, 6.07) is 5.46. The molecule has 0 aliphatic rings. The molecule has 2 aromatic heterocycles. The molecule has 1 atom stereocenters. The number of Topliss-reactive ketones (excluding diaryl/α,β-unsaturated/α-hetero) is 1. The molecular formula is C13H14N2O2S. The summed E-state index contributed by atoms with van der Waals surface area (Å²) in [6.07, 6.45) is 1.55. The Labute approximate surface area is 109 Å². The largest absolute Gasteiger partial charge is 0.356 e. The second kappa shape index (κ2) is 5.18. The predicted octanol–water partition coefficient (Wildman–Crippen LogP) is 2.77. The molecule has 0 aliphatic heterocycles. The molecule has 2 aromatic rings. The molecule has 5 heteroatoms. The van der Waals surface area contributed by atoms with E-state index in [9.17, 15) is 9.59 Å². The second-order valence-electron chi connectivity index (χ2n) is 4.07. The molecule has 2 heterocycles. The predicted molar refractivity (Wildman–Crippen MR) is 71.0 cm³/mol. The summed E-state index contributed by atoms with van der Waals surface area (Å²) in [5, 5.41) is 4.85. The highest BCUT2D eigenvalue weighted by Gasteiger charge is 2.14. The zero-order chi connectivity index (χ0) is 13.1. The molecule has 18 heavy (non-hydrogen) atoms. The molecule has 0 saturated heterocycles. The lowest BCUT2D eigenvalue weighted by Crippen LogP contribution is -2.26. The van der Waals surface area contributed by atoms with Crippen LogP contribution >= 0.6 is 11.3 Å². The lowest BCUT2D eigenvalue weighted by atomic mass is 10.2. The van der Waals surface area contributed by atoms with Gasteiger partial charge in [-0.25, -0.2) is 0 Å². The van der Waals surface area contributed by atoms with Crippen molar-refractivity contribution in [3.8, 4) is 0 Å². The van der Waals surface area contributed by atoms with Crippen LogP contribution in [0.25, 0.3) is 0 Å². The number of thiophene rings is 1. The van der Waals surface area contributed by atoms with Gasteiger partial charge in [0.05, 0.1) is 6.04 Å². The molecule has 0 bridgehead atoms. The van der Waals surface area contributed by atoms with Crippen LogP contribution in [0.15, 0.2) is 29.8 Å². The number of aromatic amines is 1. The smallest absolute Gasteiger partial charge is 0.268 e. The fraction of sp³-hybridized carbons (Fsp3) is 0.231. The molecule has 2 rings (SSSR count). The van der Waals surface area contributed by atoms with Gasteiger partial charge in [-0.3, -0.25) is 9.59 Å². The van der Waals surface area contributed by atoms with Crippen molar-refractivity contribution in [1.29, 1.82) is 0 Å². The van der Waals surface area contributed by atoms with Gasteiger partial charge in [-0.05, 0) is 31.4 Å². The van der Waals surface area contributed by atoms with Gasteiger partial charge in [-0.1, -0.05) is 6.07 Å². The van der Waals surface area contributed by atoms with Crippen LogP contribution in [0.1, 0.15) is 45.6 Å². The fourth-order valence-corrected chi connectivity index (χ4v) is 2.35. The Bertz CT molecular complexity index is 557. The van der Waals surface area contributed by atoms with Crippen LogP contribution in [0.4, 0.5) is 0 Å². The molecule has 0 aliphatic carbocycles. The third kappa shape index (κ3) is 2.68. The zero-order valence-electron chi connectivity index (χ0n) is 10.2. The highest BCUT2D eigenvalue weighted by atomic mass is 32.1. The third-order valence-corrected chi connectivity index (χ3v) is 3.71. The molecule has 1 unspecified atom stereocenters. The van der Waals surface area contributed by atoms with E-state index in [-0.39, 0.29) is 17.7 Å². The highest BCUT2D eigenvalue weighted by Crippen LogP contribution is 2.18. The van der Waals surface area contributed by atoms with Crippen LogP contribution in [-0.2, 0) is 0 Å². The molecular weight excluding hydrogens is 248 g/mol. The van der Waals surface area contributed by atoms with Crippen molar-refractivity contribution in [3.63, 3.8) is 0 Å². The van der Waals surface area contributed by atoms with E-state index >= 15 is 0 Å². The molecule has 0 aromatic carbocycles. The van der Waals surface area contributed by atoms with Crippen molar-refractivity contribution in [1.82, 2.24) is 10.3 Å². The second-order valence-corrected chi connectivity index (χ2v) is 5.05. The van der Waals surface area contributed by atoms with Crippen LogP contribution in [0, 0.1) is 0 Å². The summed E-state index contributed by atoms with van der Waals surface area (Å²) >= 11 is 1.60. The standard InChI is InChI=1S/C13H14N2O2S/c1-8(12-4-3-5-18-12)15-13(17)11-6-10(7-14-11)9(2)16/h3-8,14H,1-2H3,(H,15,17). The lowest BCUT2D eigenvalue weighted by molar-refractivity contribution is 0.0936. The topological polar surface area (TPSA) is 62.0 Å². The molecule has 0 spiro atoms. The number of aromatic nitrogens is 1. The van der Waals surface area contributed by atoms with E-state index in [0.717, 1.165) is 4.88 Å². The minimum atomic E-state index is -0.205. The molecule has 0 fully saturated rings. The first kappa shape index (κ1) is 12.6. The summed E-state index contributed by atoms with van der Waals surface area (Å²) < 4.78 is 0. The maximum atomic E-state index is 11.9. The minimum Gasteiger partial charge on any atom is -0.356 e. The van der Waals surface area contributed by atoms with Gasteiger partial charge in [0.1, 0.15) is 5.69 Å². The van der Waals surface area contributed by atoms with Crippen LogP contribution < -0.4 is 5.32 Å². The quantitative estimate of drug-likeness (QED) is 0.832. The molecule has 0 saturated carbocycles. The number of hydrogen-bond acceptors (Lipinski definition) is 3. The number of ketones is 1. The number of amides is 1. The van der Waals surface area contributed by atoms with E-state index in [1.54, 1.807) is 23.6 Å². The van der Waals surface area contributed by atoms with Crippen LogP contribution in [0.3, 0.4) is 0 Å².